The van der Waals surface area contributed by atoms with E-state index < -0.39 is 0 Å². The molecule has 3 saturated heterocycles. The van der Waals surface area contributed by atoms with Crippen molar-refractivity contribution in [3.8, 4) is 5.75 Å². The standard InChI is InChI=1S/C17H26N2O/c1-13(2-3-14-4-6-16(20)7-5-14)18-17-12-19-10-8-15(17)9-11-19/h4-7,13,15,17-18,20H,2-3,8-12H2,1H3. The molecule has 110 valence electrons. The monoisotopic (exact) mass is 274 g/mol. The lowest BCUT2D eigenvalue weighted by molar-refractivity contribution is 0.0675. The van der Waals surface area contributed by atoms with Crippen LogP contribution in [0, 0.1) is 5.92 Å². The zero-order chi connectivity index (χ0) is 13.9. The molecular weight excluding hydrogens is 248 g/mol. The maximum absolute atomic E-state index is 9.29. The van der Waals surface area contributed by atoms with Crippen LogP contribution in [0.5, 0.6) is 5.75 Å². The second-order valence-corrected chi connectivity index (χ2v) is 6.52. The van der Waals surface area contributed by atoms with E-state index in [-0.39, 0.29) is 0 Å². The van der Waals surface area contributed by atoms with Gasteiger partial charge in [-0.3, -0.25) is 0 Å². The summed E-state index contributed by atoms with van der Waals surface area (Å²) in [6.45, 7) is 6.17. The average Bonchev–Trinajstić information content (AvgIpc) is 2.48. The predicted molar refractivity (Wildman–Crippen MR) is 82.0 cm³/mol. The Bertz CT molecular complexity index is 423. The van der Waals surface area contributed by atoms with Gasteiger partial charge in [0.25, 0.3) is 0 Å². The number of phenols is 1. The lowest BCUT2D eigenvalue weighted by Crippen LogP contribution is -2.57. The maximum Gasteiger partial charge on any atom is 0.115 e. The normalized spacial score (nSPS) is 30.4. The van der Waals surface area contributed by atoms with Crippen molar-refractivity contribution in [1.29, 1.82) is 0 Å². The van der Waals surface area contributed by atoms with E-state index in [1.54, 1.807) is 12.1 Å². The van der Waals surface area contributed by atoms with Gasteiger partial charge in [-0.1, -0.05) is 12.1 Å². The third kappa shape index (κ3) is 3.33. The first-order chi connectivity index (χ1) is 9.70. The van der Waals surface area contributed by atoms with Gasteiger partial charge in [-0.05, 0) is 69.3 Å². The lowest BCUT2D eigenvalue weighted by Gasteiger charge is -2.46. The van der Waals surface area contributed by atoms with Crippen molar-refractivity contribution in [2.45, 2.75) is 44.7 Å². The van der Waals surface area contributed by atoms with Gasteiger partial charge in [-0.15, -0.1) is 0 Å². The number of hydrogen-bond acceptors (Lipinski definition) is 3. The van der Waals surface area contributed by atoms with E-state index in [2.05, 4.69) is 17.1 Å². The molecule has 3 heterocycles. The third-order valence-electron chi connectivity index (χ3n) is 4.96. The molecule has 3 aliphatic rings. The van der Waals surface area contributed by atoms with Crippen LogP contribution >= 0.6 is 0 Å². The second kappa shape index (κ2) is 6.15. The minimum absolute atomic E-state index is 0.354. The first-order valence-corrected chi connectivity index (χ1v) is 7.97. The van der Waals surface area contributed by atoms with Gasteiger partial charge in [0.2, 0.25) is 0 Å². The summed E-state index contributed by atoms with van der Waals surface area (Å²) in [7, 11) is 0. The van der Waals surface area contributed by atoms with Gasteiger partial charge in [0.05, 0.1) is 0 Å². The number of piperidine rings is 3. The fourth-order valence-electron chi connectivity index (χ4n) is 3.65. The summed E-state index contributed by atoms with van der Waals surface area (Å²) in [4.78, 5) is 2.60. The maximum atomic E-state index is 9.29. The summed E-state index contributed by atoms with van der Waals surface area (Å²) < 4.78 is 0. The summed E-state index contributed by atoms with van der Waals surface area (Å²) in [5.41, 5.74) is 1.31. The number of rotatable bonds is 5. The van der Waals surface area contributed by atoms with E-state index in [1.165, 1.54) is 38.0 Å². The molecule has 0 aromatic heterocycles. The Balaban J connectivity index is 1.45. The second-order valence-electron chi connectivity index (χ2n) is 6.52. The highest BCUT2D eigenvalue weighted by Gasteiger charge is 2.34. The van der Waals surface area contributed by atoms with Crippen LogP contribution in [-0.2, 0) is 6.42 Å². The molecule has 2 unspecified atom stereocenters. The fraction of sp³-hybridized carbons (Fsp3) is 0.647. The molecule has 0 saturated carbocycles. The molecule has 1 aromatic rings. The van der Waals surface area contributed by atoms with Gasteiger partial charge in [-0.25, -0.2) is 0 Å². The predicted octanol–water partition coefficient (Wildman–Crippen LogP) is 2.40. The number of nitrogens with one attached hydrogen (secondary N) is 1. The number of benzene rings is 1. The molecule has 3 fully saturated rings. The van der Waals surface area contributed by atoms with Crippen molar-refractivity contribution in [2.24, 2.45) is 5.92 Å². The largest absolute Gasteiger partial charge is 0.508 e. The highest BCUT2D eigenvalue weighted by atomic mass is 16.3. The van der Waals surface area contributed by atoms with E-state index in [1.807, 2.05) is 12.1 Å². The van der Waals surface area contributed by atoms with Crippen LogP contribution in [0.15, 0.2) is 24.3 Å². The Kier molecular flexibility index (Phi) is 4.27. The highest BCUT2D eigenvalue weighted by Crippen LogP contribution is 2.27. The van der Waals surface area contributed by atoms with Crippen LogP contribution in [0.1, 0.15) is 31.7 Å². The minimum Gasteiger partial charge on any atom is -0.508 e. The van der Waals surface area contributed by atoms with E-state index in [0.29, 0.717) is 17.8 Å². The number of phenolic OH excluding ortho intramolecular Hbond substituents is 1. The number of aromatic hydroxyl groups is 1. The zero-order valence-corrected chi connectivity index (χ0v) is 12.4. The molecule has 20 heavy (non-hydrogen) atoms. The van der Waals surface area contributed by atoms with Gasteiger partial charge >= 0.3 is 0 Å². The number of aryl methyl sites for hydroxylation is 1. The van der Waals surface area contributed by atoms with Crippen LogP contribution in [0.25, 0.3) is 0 Å². The molecule has 4 rings (SSSR count). The number of nitrogens with zero attached hydrogens (tertiary/aromatic N) is 1. The van der Waals surface area contributed by atoms with Crippen molar-refractivity contribution < 1.29 is 5.11 Å². The van der Waals surface area contributed by atoms with Crippen molar-refractivity contribution in [3.05, 3.63) is 29.8 Å². The van der Waals surface area contributed by atoms with E-state index >= 15 is 0 Å². The summed E-state index contributed by atoms with van der Waals surface area (Å²) in [6.07, 6.45) is 4.99. The van der Waals surface area contributed by atoms with E-state index in [9.17, 15) is 5.11 Å². The molecule has 2 N–H and O–H groups in total. The van der Waals surface area contributed by atoms with Crippen LogP contribution in [-0.4, -0.2) is 41.7 Å². The summed E-state index contributed by atoms with van der Waals surface area (Å²) >= 11 is 0. The van der Waals surface area contributed by atoms with E-state index in [4.69, 9.17) is 0 Å². The van der Waals surface area contributed by atoms with Gasteiger partial charge < -0.3 is 15.3 Å². The topological polar surface area (TPSA) is 35.5 Å². The Morgan fingerprint density at radius 2 is 1.95 bits per heavy atom. The van der Waals surface area contributed by atoms with Gasteiger partial charge in [0.15, 0.2) is 0 Å². The van der Waals surface area contributed by atoms with Gasteiger partial charge in [0, 0.05) is 18.6 Å². The Morgan fingerprint density at radius 1 is 1.25 bits per heavy atom. The molecule has 0 aliphatic carbocycles. The smallest absolute Gasteiger partial charge is 0.115 e. The molecule has 2 bridgehead atoms. The summed E-state index contributed by atoms with van der Waals surface area (Å²) in [6, 6.07) is 8.87. The molecule has 2 atom stereocenters. The Morgan fingerprint density at radius 3 is 2.55 bits per heavy atom. The third-order valence-corrected chi connectivity index (χ3v) is 4.96. The molecule has 0 radical (unpaired) electrons. The Labute approximate surface area is 122 Å². The molecule has 1 aromatic carbocycles. The number of fused-ring (bicyclic) bond motifs is 3. The highest BCUT2D eigenvalue weighted by molar-refractivity contribution is 5.25. The van der Waals surface area contributed by atoms with Crippen molar-refractivity contribution in [3.63, 3.8) is 0 Å². The molecule has 0 spiro atoms. The quantitative estimate of drug-likeness (QED) is 0.865. The molecule has 3 aliphatic heterocycles. The van der Waals surface area contributed by atoms with E-state index in [0.717, 1.165) is 18.8 Å². The lowest BCUT2D eigenvalue weighted by atomic mass is 9.83. The molecule has 3 heteroatoms. The van der Waals surface area contributed by atoms with Crippen LogP contribution < -0.4 is 5.32 Å². The summed E-state index contributed by atoms with van der Waals surface area (Å²) in [5.74, 6) is 1.25. The van der Waals surface area contributed by atoms with Crippen molar-refractivity contribution in [2.75, 3.05) is 19.6 Å². The Hall–Kier alpha value is -1.06. The fourth-order valence-corrected chi connectivity index (χ4v) is 3.65. The average molecular weight is 274 g/mol. The molecular formula is C17H26N2O. The van der Waals surface area contributed by atoms with Crippen LogP contribution in [0.2, 0.25) is 0 Å². The van der Waals surface area contributed by atoms with Gasteiger partial charge in [-0.2, -0.15) is 0 Å². The first-order valence-electron chi connectivity index (χ1n) is 7.97. The van der Waals surface area contributed by atoms with Crippen LogP contribution in [0.4, 0.5) is 0 Å². The molecule has 3 nitrogen and oxygen atoms in total. The zero-order valence-electron chi connectivity index (χ0n) is 12.4. The van der Waals surface area contributed by atoms with Crippen molar-refractivity contribution in [1.82, 2.24) is 10.2 Å². The number of hydrogen-bond donors (Lipinski definition) is 2. The SMILES string of the molecule is CC(CCc1ccc(O)cc1)NC1CN2CCC1CC2. The van der Waals surface area contributed by atoms with Crippen LogP contribution in [0.3, 0.4) is 0 Å². The first kappa shape index (κ1) is 13.9. The van der Waals surface area contributed by atoms with Gasteiger partial charge in [0.1, 0.15) is 5.75 Å². The van der Waals surface area contributed by atoms with Crippen molar-refractivity contribution >= 4 is 0 Å². The summed E-state index contributed by atoms with van der Waals surface area (Å²) in [5, 5.41) is 13.1. The molecule has 0 amide bonds. The minimum atomic E-state index is 0.354.